The molecule has 1 aliphatic rings. The molecule has 0 atom stereocenters. The average molecular weight is 890 g/mol. The van der Waals surface area contributed by atoms with Gasteiger partial charge >= 0.3 is 0 Å². The quantitative estimate of drug-likeness (QED) is 0.0843. The number of aromatic nitrogens is 6. The number of hydrogen-bond acceptors (Lipinski definition) is 9. The first kappa shape index (κ1) is 45.4. The smallest absolute Gasteiger partial charge is 0.270 e. The third-order valence-corrected chi connectivity index (χ3v) is 12.2. The second-order valence-electron chi connectivity index (χ2n) is 17.1. The van der Waals surface area contributed by atoms with Crippen LogP contribution in [0.25, 0.3) is 44.1 Å². The lowest BCUT2D eigenvalue weighted by Gasteiger charge is -2.32. The number of fused-ring (bicyclic) bond motifs is 2. The molecule has 342 valence electrons. The van der Waals surface area contributed by atoms with Crippen molar-refractivity contribution in [2.45, 2.75) is 26.2 Å². The van der Waals surface area contributed by atoms with E-state index in [1.807, 2.05) is 94.3 Å². The molecule has 0 radical (unpaired) electrons. The normalized spacial score (nSPS) is 13.2. The molecular weight excluding hydrogens is 831 g/mol. The molecule has 5 heterocycles. The average Bonchev–Trinajstić information content (AvgIpc) is 4.18. The zero-order chi connectivity index (χ0) is 46.2. The van der Waals surface area contributed by atoms with Gasteiger partial charge in [0.2, 0.25) is 0 Å². The second kappa shape index (κ2) is 20.7. The summed E-state index contributed by atoms with van der Waals surface area (Å²) in [5.74, 6) is 1.45. The minimum Gasteiger partial charge on any atom is -0.497 e. The lowest BCUT2D eigenvalue weighted by Crippen LogP contribution is -2.44. The van der Waals surface area contributed by atoms with E-state index in [9.17, 15) is 9.59 Å². The van der Waals surface area contributed by atoms with Gasteiger partial charge in [0.05, 0.1) is 26.6 Å². The first-order valence-corrected chi connectivity index (χ1v) is 22.2. The molecule has 0 unspecified atom stereocenters. The van der Waals surface area contributed by atoms with Gasteiger partial charge < -0.3 is 39.0 Å². The van der Waals surface area contributed by atoms with E-state index >= 15 is 0 Å². The Hall–Kier alpha value is -7.20. The fourth-order valence-electron chi connectivity index (χ4n) is 8.36. The van der Waals surface area contributed by atoms with Crippen molar-refractivity contribution >= 4 is 33.6 Å². The van der Waals surface area contributed by atoms with E-state index in [1.165, 1.54) is 0 Å². The number of methoxy groups -OCH3 is 2. The van der Waals surface area contributed by atoms with Crippen LogP contribution in [-0.2, 0) is 26.2 Å². The highest BCUT2D eigenvalue weighted by molar-refractivity contribution is 6.02. The number of amides is 2. The van der Waals surface area contributed by atoms with Crippen molar-refractivity contribution < 1.29 is 19.1 Å². The molecule has 1 fully saturated rings. The highest BCUT2D eigenvalue weighted by atomic mass is 16.5. The number of likely N-dealkylation sites (N-methyl/N-ethyl adjacent to an activating group) is 2. The summed E-state index contributed by atoms with van der Waals surface area (Å²) in [4.78, 5) is 38.9. The van der Waals surface area contributed by atoms with Crippen molar-refractivity contribution in [1.82, 2.24) is 54.9 Å². The maximum absolute atomic E-state index is 13.5. The van der Waals surface area contributed by atoms with Crippen LogP contribution in [-0.4, -0.2) is 136 Å². The van der Waals surface area contributed by atoms with Gasteiger partial charge in [0.1, 0.15) is 22.9 Å². The van der Waals surface area contributed by atoms with Crippen LogP contribution >= 0.6 is 0 Å². The minimum atomic E-state index is -0.104. The number of benzene rings is 4. The molecule has 66 heavy (non-hydrogen) atoms. The fraction of sp³-hybridized carbons (Fsp3) is 0.294. The number of aromatic amines is 3. The molecule has 1 aliphatic heterocycles. The van der Waals surface area contributed by atoms with Crippen LogP contribution in [0, 0.1) is 0 Å². The molecular formula is C51H59N11O4. The number of hydrogen-bond donors (Lipinski definition) is 4. The zero-order valence-corrected chi connectivity index (χ0v) is 38.6. The maximum atomic E-state index is 13.5. The summed E-state index contributed by atoms with van der Waals surface area (Å²) < 4.78 is 12.8. The maximum Gasteiger partial charge on any atom is 0.270 e. The molecule has 0 saturated carbocycles. The number of ether oxygens (including phenoxy) is 2. The first-order chi connectivity index (χ1) is 32.1. The van der Waals surface area contributed by atoms with Gasteiger partial charge in [-0.3, -0.25) is 24.7 Å². The Labute approximate surface area is 385 Å². The third kappa shape index (κ3) is 10.7. The molecule has 1 saturated heterocycles. The molecule has 4 N–H and O–H groups in total. The molecule has 0 bridgehead atoms. The molecule has 0 spiro atoms. The summed E-state index contributed by atoms with van der Waals surface area (Å²) in [7, 11) is 11.4. The Morgan fingerprint density at radius 1 is 0.758 bits per heavy atom. The van der Waals surface area contributed by atoms with Crippen LogP contribution in [0.1, 0.15) is 37.7 Å². The summed E-state index contributed by atoms with van der Waals surface area (Å²) in [5, 5.41) is 19.1. The summed E-state index contributed by atoms with van der Waals surface area (Å²) in [6, 6.07) is 30.1. The van der Waals surface area contributed by atoms with Crippen LogP contribution in [0.15, 0.2) is 116 Å². The highest BCUT2D eigenvalue weighted by Gasteiger charge is 2.23. The van der Waals surface area contributed by atoms with Crippen LogP contribution in [0.2, 0.25) is 0 Å². The number of carbonyl (C=O) groups excluding carboxylic acids is 2. The molecule has 15 nitrogen and oxygen atoms in total. The highest BCUT2D eigenvalue weighted by Crippen LogP contribution is 2.30. The van der Waals surface area contributed by atoms with Crippen molar-refractivity contribution in [3.05, 3.63) is 144 Å². The van der Waals surface area contributed by atoms with Gasteiger partial charge in [-0.2, -0.15) is 10.2 Å². The van der Waals surface area contributed by atoms with Gasteiger partial charge in [0, 0.05) is 117 Å². The Morgan fingerprint density at radius 2 is 1.41 bits per heavy atom. The second-order valence-corrected chi connectivity index (χ2v) is 17.1. The number of nitrogens with zero attached hydrogens (tertiary/aromatic N) is 7. The number of nitrogens with one attached hydrogen (secondary N) is 4. The Morgan fingerprint density at radius 3 is 2.06 bits per heavy atom. The topological polar surface area (TPSA) is 156 Å². The number of H-pyrrole nitrogens is 3. The molecule has 0 aliphatic carbocycles. The fourth-order valence-corrected chi connectivity index (χ4v) is 8.36. The van der Waals surface area contributed by atoms with E-state index in [-0.39, 0.29) is 11.8 Å². The first-order valence-electron chi connectivity index (χ1n) is 22.2. The zero-order valence-electron chi connectivity index (χ0n) is 38.6. The molecule has 8 aromatic rings. The van der Waals surface area contributed by atoms with Crippen LogP contribution in [0.5, 0.6) is 11.5 Å². The van der Waals surface area contributed by atoms with E-state index in [0.717, 1.165) is 118 Å². The van der Waals surface area contributed by atoms with E-state index in [0.29, 0.717) is 24.5 Å². The van der Waals surface area contributed by atoms with E-state index in [4.69, 9.17) is 9.47 Å². The summed E-state index contributed by atoms with van der Waals surface area (Å²) in [6.07, 6.45) is 7.36. The van der Waals surface area contributed by atoms with Crippen molar-refractivity contribution in [3.63, 3.8) is 0 Å². The molecule has 15 heteroatoms. The third-order valence-electron chi connectivity index (χ3n) is 12.2. The Balaban J connectivity index is 0.000000180. The predicted molar refractivity (Wildman–Crippen MR) is 260 cm³/mol. The minimum absolute atomic E-state index is 0.00682. The summed E-state index contributed by atoms with van der Waals surface area (Å²) >= 11 is 0. The van der Waals surface area contributed by atoms with Gasteiger partial charge in [0.15, 0.2) is 0 Å². The van der Waals surface area contributed by atoms with E-state index in [2.05, 4.69) is 93.4 Å². The summed E-state index contributed by atoms with van der Waals surface area (Å²) in [6.45, 7) is 7.27. The van der Waals surface area contributed by atoms with Crippen LogP contribution in [0.3, 0.4) is 0 Å². The summed E-state index contributed by atoms with van der Waals surface area (Å²) in [5.41, 5.74) is 10.5. The lowest BCUT2D eigenvalue weighted by atomic mass is 10.0. The molecule has 9 rings (SSSR count). The van der Waals surface area contributed by atoms with E-state index in [1.54, 1.807) is 25.3 Å². The lowest BCUT2D eigenvalue weighted by molar-refractivity contribution is 0.0774. The van der Waals surface area contributed by atoms with Crippen molar-refractivity contribution in [3.8, 4) is 33.8 Å². The molecule has 4 aromatic heterocycles. The van der Waals surface area contributed by atoms with Gasteiger partial charge in [-0.25, -0.2) is 0 Å². The molecule has 2 amide bonds. The Kier molecular flexibility index (Phi) is 14.3. The largest absolute Gasteiger partial charge is 0.497 e. The van der Waals surface area contributed by atoms with Crippen LogP contribution < -0.4 is 14.8 Å². The monoisotopic (exact) mass is 889 g/mol. The van der Waals surface area contributed by atoms with Gasteiger partial charge in [-0.05, 0) is 85.9 Å². The Bertz CT molecular complexity index is 2870. The van der Waals surface area contributed by atoms with Crippen molar-refractivity contribution in [2.24, 2.45) is 0 Å². The van der Waals surface area contributed by atoms with Crippen molar-refractivity contribution in [1.29, 1.82) is 0 Å². The SMILES string of the molecule is COc1cccc(CN(C)C(=O)c2cc3ccc(-c4cn[nH]c4)cc3n2CCN(C)C)c1.COc1cccc(CNC(=O)c2[nH]c3cc(-c4cn[nH]c4)ccc3c2CN2CCN(C)CC2)c1. The standard InChI is InChI=1S/C26H30N6O2.C25H29N5O2/c1-31-8-10-32(11-9-31)17-23-22-7-6-19(20-15-28-29-16-20)13-24(22)30-25(23)26(33)27-14-18-4-3-5-21(12-18)34-2;1-28(2)10-11-30-23-13-19(21-15-26-27-16-21)8-9-20(23)14-24(30)25(31)29(3)17-18-6-5-7-22(12-18)32-4/h3-7,12-13,15-16,30H,8-11,14,17H2,1-2H3,(H,27,33)(H,28,29);5-9,12-16H,10-11,17H2,1-4H3,(H,26,27). The van der Waals surface area contributed by atoms with Crippen LogP contribution in [0.4, 0.5) is 0 Å². The van der Waals surface area contributed by atoms with Gasteiger partial charge in [-0.15, -0.1) is 0 Å². The van der Waals surface area contributed by atoms with E-state index < -0.39 is 0 Å². The van der Waals surface area contributed by atoms with Gasteiger partial charge in [0.25, 0.3) is 11.8 Å². The number of piperazine rings is 1. The number of rotatable bonds is 15. The van der Waals surface area contributed by atoms with Gasteiger partial charge in [-0.1, -0.05) is 48.5 Å². The number of carbonyl (C=O) groups is 2. The predicted octanol–water partition coefficient (Wildman–Crippen LogP) is 7.12. The molecule has 4 aromatic carbocycles. The van der Waals surface area contributed by atoms with Crippen molar-refractivity contribution in [2.75, 3.05) is 75.1 Å².